The van der Waals surface area contributed by atoms with E-state index >= 15 is 0 Å². The molecule has 0 unspecified atom stereocenters. The third-order valence-electron chi connectivity index (χ3n) is 13.7. The molecule has 4 heteroatoms. The lowest BCUT2D eigenvalue weighted by atomic mass is 9.33. The summed E-state index contributed by atoms with van der Waals surface area (Å²) in [6, 6.07) is 0. The zero-order chi connectivity index (χ0) is 26.5. The van der Waals surface area contributed by atoms with Crippen molar-refractivity contribution in [3.05, 3.63) is 11.6 Å². The molecule has 4 nitrogen and oxygen atoms in total. The molecule has 5 aliphatic carbocycles. The average molecular weight is 499 g/mol. The number of hydrogen-bond donors (Lipinski definition) is 1. The van der Waals surface area contributed by atoms with E-state index in [0.717, 1.165) is 51.4 Å². The number of carboxylic acids is 1. The fraction of sp³-hybridized carbons (Fsp3) is 0.875. The average Bonchev–Trinajstić information content (AvgIpc) is 2.78. The Labute approximate surface area is 219 Å². The summed E-state index contributed by atoms with van der Waals surface area (Å²) in [4.78, 5) is 24.7. The zero-order valence-electron chi connectivity index (χ0n) is 24.1. The fourth-order valence-electron chi connectivity index (χ4n) is 11.2. The highest BCUT2D eigenvalue weighted by atomic mass is 16.5. The first-order chi connectivity index (χ1) is 16.6. The van der Waals surface area contributed by atoms with Gasteiger partial charge in [0.2, 0.25) is 0 Å². The highest BCUT2D eigenvalue weighted by Gasteiger charge is 2.69. The van der Waals surface area contributed by atoms with E-state index in [-0.39, 0.29) is 39.7 Å². The Morgan fingerprint density at radius 1 is 0.917 bits per heavy atom. The van der Waals surface area contributed by atoms with Crippen LogP contribution in [0.3, 0.4) is 0 Å². The van der Waals surface area contributed by atoms with Gasteiger partial charge >= 0.3 is 11.9 Å². The number of aliphatic carboxylic acids is 1. The molecule has 0 aromatic rings. The summed E-state index contributed by atoms with van der Waals surface area (Å²) < 4.78 is 5.88. The van der Waals surface area contributed by atoms with Gasteiger partial charge in [-0.05, 0) is 104 Å². The molecule has 5 rings (SSSR count). The van der Waals surface area contributed by atoms with Gasteiger partial charge in [0, 0.05) is 12.3 Å². The molecule has 202 valence electrons. The predicted octanol–water partition coefficient (Wildman–Crippen LogP) is 7.66. The van der Waals surface area contributed by atoms with E-state index in [4.69, 9.17) is 4.74 Å². The van der Waals surface area contributed by atoms with E-state index in [1.54, 1.807) is 6.92 Å². The lowest BCUT2D eigenvalue weighted by Gasteiger charge is -2.71. The van der Waals surface area contributed by atoms with Gasteiger partial charge in [-0.15, -0.1) is 0 Å². The van der Waals surface area contributed by atoms with Crippen molar-refractivity contribution in [3.63, 3.8) is 0 Å². The van der Waals surface area contributed by atoms with Crippen LogP contribution in [-0.4, -0.2) is 23.1 Å². The second kappa shape index (κ2) is 8.09. The van der Waals surface area contributed by atoms with Gasteiger partial charge in [0.25, 0.3) is 0 Å². The number of allylic oxidation sites excluding steroid dienone is 2. The highest BCUT2D eigenvalue weighted by Crippen LogP contribution is 2.75. The summed E-state index contributed by atoms with van der Waals surface area (Å²) in [6.45, 7) is 18.5. The van der Waals surface area contributed by atoms with E-state index < -0.39 is 11.4 Å². The molecule has 0 saturated heterocycles. The summed E-state index contributed by atoms with van der Waals surface area (Å²) >= 11 is 0. The Balaban J connectivity index is 1.56. The smallest absolute Gasteiger partial charge is 0.310 e. The Morgan fingerprint density at radius 3 is 2.25 bits per heavy atom. The third-order valence-corrected chi connectivity index (χ3v) is 13.7. The SMILES string of the molecule is CC(=O)O[C@H]1CC[C@]2(C)[C@H](CC[C@]3(C)[C@@H]2CC=C2[C@H]4[C@H](C)[C@H](C)CC[C@]4(C(=O)O)CC[C@]23C)C1(C)C. The van der Waals surface area contributed by atoms with Gasteiger partial charge in [-0.3, -0.25) is 9.59 Å². The number of esters is 1. The number of hydrogen-bond acceptors (Lipinski definition) is 3. The van der Waals surface area contributed by atoms with Gasteiger partial charge in [0.15, 0.2) is 0 Å². The van der Waals surface area contributed by atoms with Crippen LogP contribution in [0.25, 0.3) is 0 Å². The highest BCUT2D eigenvalue weighted by molar-refractivity contribution is 5.76. The van der Waals surface area contributed by atoms with Crippen LogP contribution in [0.5, 0.6) is 0 Å². The topological polar surface area (TPSA) is 63.6 Å². The van der Waals surface area contributed by atoms with Crippen molar-refractivity contribution in [1.29, 1.82) is 0 Å². The van der Waals surface area contributed by atoms with Gasteiger partial charge in [0.05, 0.1) is 5.41 Å². The van der Waals surface area contributed by atoms with E-state index in [1.165, 1.54) is 12.0 Å². The number of carbonyl (C=O) groups is 2. The summed E-state index contributed by atoms with van der Waals surface area (Å²) in [5.74, 6) is 1.53. The molecule has 5 aliphatic rings. The van der Waals surface area contributed by atoms with Crippen molar-refractivity contribution in [2.45, 2.75) is 119 Å². The number of rotatable bonds is 2. The van der Waals surface area contributed by atoms with Crippen LogP contribution in [-0.2, 0) is 14.3 Å². The Bertz CT molecular complexity index is 981. The van der Waals surface area contributed by atoms with Crippen LogP contribution in [0.15, 0.2) is 11.6 Å². The fourth-order valence-corrected chi connectivity index (χ4v) is 11.2. The lowest BCUT2D eigenvalue weighted by molar-refractivity contribution is -0.214. The molecule has 1 N–H and O–H groups in total. The van der Waals surface area contributed by atoms with Crippen LogP contribution in [0, 0.1) is 56.7 Å². The maximum atomic E-state index is 12.9. The molecular weight excluding hydrogens is 448 g/mol. The van der Waals surface area contributed by atoms with Gasteiger partial charge in [-0.25, -0.2) is 0 Å². The number of fused-ring (bicyclic) bond motifs is 7. The molecule has 0 spiro atoms. The first kappa shape index (κ1) is 26.3. The standard InChI is InChI=1S/C32H50O4/c1-19-11-16-32(27(34)35)18-17-30(7)22(26(32)20(19)2)9-10-24-29(6)14-13-25(36-21(3)33)28(4,5)23(29)12-15-31(24,30)8/h9,19-20,23-26H,10-18H2,1-8H3,(H,34,35)/t19-,20-,23-,24-,25+,26-,29-,30-,31-,32+/m1/s1. The van der Waals surface area contributed by atoms with Crippen LogP contribution in [0.4, 0.5) is 0 Å². The normalized spacial score (nSPS) is 51.5. The molecule has 4 saturated carbocycles. The summed E-state index contributed by atoms with van der Waals surface area (Å²) in [5.41, 5.74) is 1.30. The summed E-state index contributed by atoms with van der Waals surface area (Å²) in [7, 11) is 0. The minimum atomic E-state index is -0.578. The molecule has 10 atom stereocenters. The van der Waals surface area contributed by atoms with Crippen molar-refractivity contribution < 1.29 is 19.4 Å². The predicted molar refractivity (Wildman–Crippen MR) is 142 cm³/mol. The largest absolute Gasteiger partial charge is 0.481 e. The second-order valence-electron chi connectivity index (χ2n) is 15.1. The van der Waals surface area contributed by atoms with E-state index in [1.807, 2.05) is 0 Å². The van der Waals surface area contributed by atoms with Crippen LogP contribution in [0.1, 0.15) is 113 Å². The van der Waals surface area contributed by atoms with Gasteiger partial charge < -0.3 is 9.84 Å². The third kappa shape index (κ3) is 3.17. The van der Waals surface area contributed by atoms with E-state index in [9.17, 15) is 14.7 Å². The molecular formula is C32H50O4. The quantitative estimate of drug-likeness (QED) is 0.313. The first-order valence-electron chi connectivity index (χ1n) is 14.8. The van der Waals surface area contributed by atoms with Gasteiger partial charge in [-0.2, -0.15) is 0 Å². The van der Waals surface area contributed by atoms with Crippen molar-refractivity contribution in [2.75, 3.05) is 0 Å². The molecule has 0 amide bonds. The monoisotopic (exact) mass is 498 g/mol. The zero-order valence-corrected chi connectivity index (χ0v) is 24.1. The molecule has 36 heavy (non-hydrogen) atoms. The van der Waals surface area contributed by atoms with Crippen molar-refractivity contribution >= 4 is 11.9 Å². The van der Waals surface area contributed by atoms with Crippen LogP contribution in [0.2, 0.25) is 0 Å². The molecule has 0 aromatic carbocycles. The van der Waals surface area contributed by atoms with Gasteiger partial charge in [0.1, 0.15) is 6.10 Å². The minimum absolute atomic E-state index is 0.00171. The number of carbonyl (C=O) groups excluding carboxylic acids is 1. The minimum Gasteiger partial charge on any atom is -0.481 e. The lowest BCUT2D eigenvalue weighted by Crippen LogP contribution is -2.65. The molecule has 0 radical (unpaired) electrons. The number of ether oxygens (including phenoxy) is 1. The molecule has 0 bridgehead atoms. The maximum absolute atomic E-state index is 12.9. The van der Waals surface area contributed by atoms with Crippen molar-refractivity contribution in [1.82, 2.24) is 0 Å². The molecule has 0 aliphatic heterocycles. The maximum Gasteiger partial charge on any atom is 0.310 e. The Hall–Kier alpha value is -1.32. The van der Waals surface area contributed by atoms with E-state index in [0.29, 0.717) is 23.7 Å². The summed E-state index contributed by atoms with van der Waals surface area (Å²) in [5, 5.41) is 10.6. The van der Waals surface area contributed by atoms with Gasteiger partial charge in [-0.1, -0.05) is 60.1 Å². The Morgan fingerprint density at radius 2 is 1.61 bits per heavy atom. The van der Waals surface area contributed by atoms with Crippen LogP contribution >= 0.6 is 0 Å². The molecule has 4 fully saturated rings. The second-order valence-corrected chi connectivity index (χ2v) is 15.1. The Kier molecular flexibility index (Phi) is 5.91. The number of carboxylic acid groups (broad SMARTS) is 1. The molecule has 0 heterocycles. The van der Waals surface area contributed by atoms with Crippen molar-refractivity contribution in [2.24, 2.45) is 56.7 Å². The van der Waals surface area contributed by atoms with E-state index in [2.05, 4.69) is 54.5 Å². The molecule has 0 aromatic heterocycles. The van der Waals surface area contributed by atoms with Crippen LogP contribution < -0.4 is 0 Å². The summed E-state index contributed by atoms with van der Waals surface area (Å²) in [6.07, 6.45) is 11.7. The first-order valence-corrected chi connectivity index (χ1v) is 14.8. The van der Waals surface area contributed by atoms with Crippen molar-refractivity contribution in [3.8, 4) is 0 Å².